The summed E-state index contributed by atoms with van der Waals surface area (Å²) < 4.78 is 4.41. The number of benzene rings is 5. The Labute approximate surface area is 266 Å². The second-order valence-electron chi connectivity index (χ2n) is 11.6. The van der Waals surface area contributed by atoms with E-state index in [0.29, 0.717) is 0 Å². The lowest BCUT2D eigenvalue weighted by molar-refractivity contribution is 0.908. The molecule has 5 nitrogen and oxygen atoms in total. The molecular formula is C41H29N5. The third kappa shape index (κ3) is 4.20. The summed E-state index contributed by atoms with van der Waals surface area (Å²) in [5.74, 6) is 1.06. The molecule has 5 aromatic carbocycles. The number of para-hydroxylation sites is 3. The van der Waals surface area contributed by atoms with Crippen molar-refractivity contribution in [3.8, 4) is 39.3 Å². The molecule has 0 fully saturated rings. The molecule has 0 atom stereocenters. The van der Waals surface area contributed by atoms with Crippen LogP contribution < -0.4 is 0 Å². The Hall–Kier alpha value is -6.07. The fraction of sp³-hybridized carbons (Fsp3) is 0.0488. The van der Waals surface area contributed by atoms with Crippen LogP contribution in [0.25, 0.3) is 77.7 Å². The van der Waals surface area contributed by atoms with Crippen LogP contribution in [0.5, 0.6) is 0 Å². The average Bonchev–Trinajstić information content (AvgIpc) is 3.74. The van der Waals surface area contributed by atoms with E-state index in [1.165, 1.54) is 0 Å². The van der Waals surface area contributed by atoms with Crippen LogP contribution >= 0.6 is 0 Å². The first-order valence-corrected chi connectivity index (χ1v) is 15.7. The van der Waals surface area contributed by atoms with Gasteiger partial charge in [0.1, 0.15) is 11.5 Å². The largest absolute Gasteiger partial charge is 0.306 e. The molecule has 0 spiro atoms. The molecule has 0 N–H and O–H groups in total. The maximum atomic E-state index is 5.20. The number of hydrogen-bond donors (Lipinski definition) is 0. The Balaban J connectivity index is 1.16. The van der Waals surface area contributed by atoms with E-state index in [9.17, 15) is 0 Å². The van der Waals surface area contributed by atoms with Crippen molar-refractivity contribution in [3.05, 3.63) is 152 Å². The van der Waals surface area contributed by atoms with Crippen LogP contribution in [0, 0.1) is 0 Å². The Morgan fingerprint density at radius 1 is 0.565 bits per heavy atom. The molecule has 0 radical (unpaired) electrons. The Morgan fingerprint density at radius 2 is 1.30 bits per heavy atom. The lowest BCUT2D eigenvalue weighted by atomic mass is 9.98. The van der Waals surface area contributed by atoms with Gasteiger partial charge in [0.2, 0.25) is 0 Å². The number of fused-ring (bicyclic) bond motifs is 6. The summed E-state index contributed by atoms with van der Waals surface area (Å²) in [6.45, 7) is 2.16. The second-order valence-corrected chi connectivity index (χ2v) is 11.6. The molecule has 0 aliphatic rings. The quantitative estimate of drug-likeness (QED) is 0.187. The monoisotopic (exact) mass is 591 g/mol. The minimum Gasteiger partial charge on any atom is -0.306 e. The van der Waals surface area contributed by atoms with E-state index >= 15 is 0 Å². The van der Waals surface area contributed by atoms with Gasteiger partial charge < -0.3 is 4.40 Å². The van der Waals surface area contributed by atoms with Gasteiger partial charge in [0.15, 0.2) is 0 Å². The summed E-state index contributed by atoms with van der Waals surface area (Å²) in [7, 11) is 0. The normalized spacial score (nSPS) is 11.7. The fourth-order valence-electron chi connectivity index (χ4n) is 6.69. The van der Waals surface area contributed by atoms with Crippen molar-refractivity contribution in [2.75, 3.05) is 0 Å². The summed E-state index contributed by atoms with van der Waals surface area (Å²) in [4.78, 5) is 15.2. The molecule has 9 aromatic rings. The first kappa shape index (κ1) is 26.3. The number of nitrogens with zero attached hydrogens (tertiary/aromatic N) is 5. The van der Waals surface area contributed by atoms with Crippen molar-refractivity contribution in [2.45, 2.75) is 13.3 Å². The summed E-state index contributed by atoms with van der Waals surface area (Å²) in [6.07, 6.45) is 5.07. The average molecular weight is 592 g/mol. The van der Waals surface area contributed by atoms with Gasteiger partial charge >= 0.3 is 0 Å². The second kappa shape index (κ2) is 10.5. The highest BCUT2D eigenvalue weighted by molar-refractivity contribution is 6.16. The lowest BCUT2D eigenvalue weighted by Gasteiger charge is -2.13. The summed E-state index contributed by atoms with van der Waals surface area (Å²) in [5, 5.41) is 3.30. The highest BCUT2D eigenvalue weighted by atomic mass is 15.1. The predicted molar refractivity (Wildman–Crippen MR) is 188 cm³/mol. The van der Waals surface area contributed by atoms with E-state index in [-0.39, 0.29) is 0 Å². The van der Waals surface area contributed by atoms with Gasteiger partial charge in [-0.2, -0.15) is 0 Å². The van der Waals surface area contributed by atoms with Gasteiger partial charge in [0, 0.05) is 51.8 Å². The predicted octanol–water partition coefficient (Wildman–Crippen LogP) is 9.94. The lowest BCUT2D eigenvalue weighted by Crippen LogP contribution is -2.00. The van der Waals surface area contributed by atoms with E-state index in [4.69, 9.17) is 15.0 Å². The molecule has 0 saturated heterocycles. The van der Waals surface area contributed by atoms with Crippen molar-refractivity contribution in [1.29, 1.82) is 0 Å². The Kier molecular flexibility index (Phi) is 6.03. The summed E-state index contributed by atoms with van der Waals surface area (Å²) in [6, 6.07) is 46.7. The number of hydrogen-bond acceptors (Lipinski definition) is 3. The Bertz CT molecular complexity index is 2560. The zero-order chi connectivity index (χ0) is 30.6. The van der Waals surface area contributed by atoms with Crippen LogP contribution in [-0.2, 0) is 6.42 Å². The maximum absolute atomic E-state index is 5.20. The standard InChI is InChI=1S/C41H29N5/c1-2-38-42-35-17-8-9-18-37(35)46(38)31-14-10-13-30(25-31)27-19-21-29(22-20-27)40-33-23-24-45-26-36(28-11-4-3-5-12-28)44-41(45)39(33)32-15-6-7-16-34(32)43-40/h3-26H,2H2,1H3. The number of aryl methyl sites for hydroxylation is 1. The number of pyridine rings is 2. The molecule has 0 bridgehead atoms. The maximum Gasteiger partial charge on any atom is 0.146 e. The van der Waals surface area contributed by atoms with Crippen molar-refractivity contribution in [2.24, 2.45) is 0 Å². The van der Waals surface area contributed by atoms with Crippen LogP contribution in [0.2, 0.25) is 0 Å². The van der Waals surface area contributed by atoms with Gasteiger partial charge in [-0.05, 0) is 47.5 Å². The SMILES string of the molecule is CCc1nc2ccccc2n1-c1cccc(-c2ccc(-c3nc4ccccc4c4c3ccn3cc(-c5ccccc5)nc43)cc2)c1. The molecule has 4 heterocycles. The topological polar surface area (TPSA) is 48.0 Å². The van der Waals surface area contributed by atoms with E-state index in [2.05, 4.69) is 150 Å². The minimum atomic E-state index is 0.860. The highest BCUT2D eigenvalue weighted by Crippen LogP contribution is 2.36. The van der Waals surface area contributed by atoms with Gasteiger partial charge in [-0.3, -0.25) is 4.57 Å². The van der Waals surface area contributed by atoms with E-state index in [0.717, 1.165) is 89.9 Å². The fourth-order valence-corrected chi connectivity index (χ4v) is 6.69. The van der Waals surface area contributed by atoms with Gasteiger partial charge in [-0.15, -0.1) is 0 Å². The molecular weight excluding hydrogens is 562 g/mol. The zero-order valence-corrected chi connectivity index (χ0v) is 25.3. The van der Waals surface area contributed by atoms with Gasteiger partial charge in [0.25, 0.3) is 0 Å². The molecule has 0 aliphatic carbocycles. The first-order valence-electron chi connectivity index (χ1n) is 15.7. The van der Waals surface area contributed by atoms with Crippen LogP contribution in [0.3, 0.4) is 0 Å². The highest BCUT2D eigenvalue weighted by Gasteiger charge is 2.16. The van der Waals surface area contributed by atoms with Gasteiger partial charge in [-0.25, -0.2) is 15.0 Å². The van der Waals surface area contributed by atoms with Crippen molar-refractivity contribution in [3.63, 3.8) is 0 Å². The molecule has 9 rings (SSSR count). The van der Waals surface area contributed by atoms with Gasteiger partial charge in [-0.1, -0.05) is 104 Å². The number of rotatable bonds is 5. The van der Waals surface area contributed by atoms with Crippen molar-refractivity contribution >= 4 is 38.4 Å². The molecule has 0 amide bonds. The van der Waals surface area contributed by atoms with Crippen LogP contribution in [0.1, 0.15) is 12.7 Å². The molecule has 4 aromatic heterocycles. The van der Waals surface area contributed by atoms with Crippen molar-refractivity contribution < 1.29 is 0 Å². The minimum absolute atomic E-state index is 0.860. The molecule has 0 unspecified atom stereocenters. The number of imidazole rings is 2. The molecule has 46 heavy (non-hydrogen) atoms. The summed E-state index contributed by atoms with van der Waals surface area (Å²) in [5.41, 5.74) is 11.6. The number of aromatic nitrogens is 5. The smallest absolute Gasteiger partial charge is 0.146 e. The molecule has 5 heteroatoms. The molecule has 0 saturated carbocycles. The molecule has 218 valence electrons. The van der Waals surface area contributed by atoms with Crippen molar-refractivity contribution in [1.82, 2.24) is 23.9 Å². The first-order chi connectivity index (χ1) is 22.7. The van der Waals surface area contributed by atoms with Crippen LogP contribution in [0.4, 0.5) is 0 Å². The Morgan fingerprint density at radius 3 is 2.15 bits per heavy atom. The zero-order valence-electron chi connectivity index (χ0n) is 25.3. The molecule has 0 aliphatic heterocycles. The van der Waals surface area contributed by atoms with E-state index < -0.39 is 0 Å². The third-order valence-corrected chi connectivity index (χ3v) is 8.90. The van der Waals surface area contributed by atoms with E-state index in [1.54, 1.807) is 0 Å². The van der Waals surface area contributed by atoms with Gasteiger partial charge in [0.05, 0.1) is 27.9 Å². The summed E-state index contributed by atoms with van der Waals surface area (Å²) >= 11 is 0. The van der Waals surface area contributed by atoms with Crippen LogP contribution in [-0.4, -0.2) is 23.9 Å². The third-order valence-electron chi connectivity index (χ3n) is 8.90. The van der Waals surface area contributed by atoms with Crippen LogP contribution in [0.15, 0.2) is 146 Å². The van der Waals surface area contributed by atoms with E-state index in [1.807, 2.05) is 12.1 Å².